The summed E-state index contributed by atoms with van der Waals surface area (Å²) in [5, 5.41) is 2.29. The highest BCUT2D eigenvalue weighted by atomic mass is 19.1. The van der Waals surface area contributed by atoms with Crippen molar-refractivity contribution in [3.05, 3.63) is 65.0 Å². The first-order valence-corrected chi connectivity index (χ1v) is 11.4. The second-order valence-corrected chi connectivity index (χ2v) is 9.23. The second kappa shape index (κ2) is 12.5. The molecule has 32 heavy (non-hydrogen) atoms. The molecule has 2 aromatic rings. The Hall–Kier alpha value is -2.50. The number of anilines is 1. The average molecular weight is 449 g/mol. The first kappa shape index (κ1) is 25.8. The van der Waals surface area contributed by atoms with Gasteiger partial charge in [0, 0.05) is 25.2 Å². The van der Waals surface area contributed by atoms with Crippen molar-refractivity contribution < 1.29 is 18.0 Å². The van der Waals surface area contributed by atoms with Gasteiger partial charge in [0.2, 0.25) is 0 Å². The van der Waals surface area contributed by atoms with Gasteiger partial charge in [0.25, 0.3) is 0 Å². The van der Waals surface area contributed by atoms with Crippen LogP contribution in [-0.4, -0.2) is 17.5 Å². The molecule has 0 heterocycles. The number of halogens is 3. The molecule has 0 aromatic heterocycles. The lowest BCUT2D eigenvalue weighted by Gasteiger charge is -2.24. The predicted molar refractivity (Wildman–Crippen MR) is 124 cm³/mol. The Kier molecular flexibility index (Phi) is 10.1. The molecular formula is C26H35F3N2O. The van der Waals surface area contributed by atoms with Gasteiger partial charge >= 0.3 is 6.03 Å². The number of amides is 2. The summed E-state index contributed by atoms with van der Waals surface area (Å²) in [4.78, 5) is 14.4. The van der Waals surface area contributed by atoms with Gasteiger partial charge in [-0.05, 0) is 42.2 Å². The normalized spacial score (nSPS) is 11.3. The molecule has 0 unspecified atom stereocenters. The summed E-state index contributed by atoms with van der Waals surface area (Å²) in [6.07, 6.45) is 4.89. The third kappa shape index (κ3) is 8.56. The fourth-order valence-electron chi connectivity index (χ4n) is 3.44. The second-order valence-electron chi connectivity index (χ2n) is 9.23. The molecule has 176 valence electrons. The Labute approximate surface area is 190 Å². The number of hydrogen-bond donors (Lipinski definition) is 1. The number of rotatable bonds is 11. The number of urea groups is 1. The van der Waals surface area contributed by atoms with Crippen molar-refractivity contribution in [1.82, 2.24) is 4.90 Å². The molecule has 0 bridgehead atoms. The molecule has 0 aliphatic heterocycles. The molecule has 0 saturated carbocycles. The number of nitrogens with zero attached hydrogens (tertiary/aromatic N) is 1. The van der Waals surface area contributed by atoms with E-state index < -0.39 is 29.2 Å². The van der Waals surface area contributed by atoms with E-state index in [1.54, 1.807) is 4.90 Å². The van der Waals surface area contributed by atoms with Crippen LogP contribution in [0.4, 0.5) is 23.7 Å². The fourth-order valence-corrected chi connectivity index (χ4v) is 3.44. The summed E-state index contributed by atoms with van der Waals surface area (Å²) in [5.74, 6) is -2.10. The van der Waals surface area contributed by atoms with Crippen molar-refractivity contribution in [2.24, 2.45) is 11.8 Å². The standard InChI is InChI=1S/C26H35F3N2O/c1-18(2)7-5-6-14-31(17-21-12-10-20(11-13-21)9-8-19(3)4)26(32)30-25-23(28)15-22(27)16-24(25)29/h10-13,15-16,18-19H,5-9,14,17H2,1-4H3,(H,30,32). The lowest BCUT2D eigenvalue weighted by molar-refractivity contribution is 0.207. The number of carbonyl (C=O) groups is 1. The van der Waals surface area contributed by atoms with Gasteiger partial charge in [-0.2, -0.15) is 0 Å². The summed E-state index contributed by atoms with van der Waals surface area (Å²) in [6, 6.07) is 8.61. The Morgan fingerprint density at radius 2 is 1.44 bits per heavy atom. The average Bonchev–Trinajstić information content (AvgIpc) is 2.71. The largest absolute Gasteiger partial charge is 0.322 e. The maximum absolute atomic E-state index is 14.0. The zero-order valence-electron chi connectivity index (χ0n) is 19.6. The third-order valence-corrected chi connectivity index (χ3v) is 5.39. The number of carbonyl (C=O) groups excluding carboxylic acids is 1. The summed E-state index contributed by atoms with van der Waals surface area (Å²) in [5.41, 5.74) is 1.55. The van der Waals surface area contributed by atoms with Gasteiger partial charge in [0.1, 0.15) is 11.5 Å². The minimum absolute atomic E-state index is 0.322. The van der Waals surface area contributed by atoms with Crippen LogP contribution in [0, 0.1) is 29.3 Å². The minimum atomic E-state index is -1.13. The van der Waals surface area contributed by atoms with Gasteiger partial charge in [-0.1, -0.05) is 64.8 Å². The van der Waals surface area contributed by atoms with Crippen molar-refractivity contribution >= 4 is 11.7 Å². The van der Waals surface area contributed by atoms with Crippen molar-refractivity contribution in [1.29, 1.82) is 0 Å². The van der Waals surface area contributed by atoms with Crippen LogP contribution >= 0.6 is 0 Å². The van der Waals surface area contributed by atoms with E-state index in [9.17, 15) is 18.0 Å². The van der Waals surface area contributed by atoms with Crippen LogP contribution < -0.4 is 5.32 Å². The van der Waals surface area contributed by atoms with E-state index in [2.05, 4.69) is 45.1 Å². The van der Waals surface area contributed by atoms with Gasteiger partial charge < -0.3 is 10.2 Å². The molecule has 0 aliphatic rings. The van der Waals surface area contributed by atoms with Crippen LogP contribution in [0.3, 0.4) is 0 Å². The number of unbranched alkanes of at least 4 members (excludes halogenated alkanes) is 1. The molecule has 6 heteroatoms. The minimum Gasteiger partial charge on any atom is -0.320 e. The quantitative estimate of drug-likeness (QED) is 0.354. The first-order valence-electron chi connectivity index (χ1n) is 11.4. The Balaban J connectivity index is 2.10. The van der Waals surface area contributed by atoms with Crippen LogP contribution in [0.2, 0.25) is 0 Å². The Morgan fingerprint density at radius 3 is 2.00 bits per heavy atom. The molecule has 0 fully saturated rings. The summed E-state index contributed by atoms with van der Waals surface area (Å²) < 4.78 is 41.2. The predicted octanol–water partition coefficient (Wildman–Crippen LogP) is 7.55. The molecule has 2 rings (SSSR count). The Morgan fingerprint density at radius 1 is 0.875 bits per heavy atom. The molecule has 1 N–H and O–H groups in total. The lowest BCUT2D eigenvalue weighted by atomic mass is 10.0. The summed E-state index contributed by atoms with van der Waals surface area (Å²) in [7, 11) is 0. The molecule has 0 atom stereocenters. The fraction of sp³-hybridized carbons (Fsp3) is 0.500. The van der Waals surface area contributed by atoms with E-state index in [1.165, 1.54) is 5.56 Å². The molecule has 3 nitrogen and oxygen atoms in total. The van der Waals surface area contributed by atoms with E-state index in [0.717, 1.165) is 37.7 Å². The van der Waals surface area contributed by atoms with Crippen LogP contribution in [-0.2, 0) is 13.0 Å². The van der Waals surface area contributed by atoms with E-state index >= 15 is 0 Å². The van der Waals surface area contributed by atoms with E-state index in [0.29, 0.717) is 37.1 Å². The van der Waals surface area contributed by atoms with Crippen molar-refractivity contribution in [2.75, 3.05) is 11.9 Å². The van der Waals surface area contributed by atoms with Crippen molar-refractivity contribution in [3.63, 3.8) is 0 Å². The molecule has 0 saturated heterocycles. The van der Waals surface area contributed by atoms with Crippen LogP contribution in [0.1, 0.15) is 64.5 Å². The number of nitrogens with one attached hydrogen (secondary N) is 1. The van der Waals surface area contributed by atoms with E-state index in [1.807, 2.05) is 12.1 Å². The molecular weight excluding hydrogens is 413 g/mol. The highest BCUT2D eigenvalue weighted by molar-refractivity contribution is 5.89. The Bertz CT molecular complexity index is 843. The zero-order chi connectivity index (χ0) is 23.7. The molecule has 2 aromatic carbocycles. The maximum atomic E-state index is 14.0. The molecule has 0 aliphatic carbocycles. The molecule has 2 amide bonds. The molecule has 0 spiro atoms. The van der Waals surface area contributed by atoms with E-state index in [-0.39, 0.29) is 0 Å². The SMILES string of the molecule is CC(C)CCCCN(Cc1ccc(CCC(C)C)cc1)C(=O)Nc1c(F)cc(F)cc1F. The first-order chi connectivity index (χ1) is 15.2. The van der Waals surface area contributed by atoms with Gasteiger partial charge in [-0.25, -0.2) is 18.0 Å². The highest BCUT2D eigenvalue weighted by Gasteiger charge is 2.19. The third-order valence-electron chi connectivity index (χ3n) is 5.39. The van der Waals surface area contributed by atoms with Crippen molar-refractivity contribution in [2.45, 2.75) is 66.3 Å². The van der Waals surface area contributed by atoms with Crippen LogP contribution in [0.5, 0.6) is 0 Å². The van der Waals surface area contributed by atoms with Gasteiger partial charge in [-0.3, -0.25) is 0 Å². The van der Waals surface area contributed by atoms with Crippen molar-refractivity contribution in [3.8, 4) is 0 Å². The molecule has 0 radical (unpaired) electrons. The van der Waals surface area contributed by atoms with Gasteiger partial charge in [-0.15, -0.1) is 0 Å². The number of aryl methyl sites for hydroxylation is 1. The van der Waals surface area contributed by atoms with E-state index in [4.69, 9.17) is 0 Å². The van der Waals surface area contributed by atoms with Crippen LogP contribution in [0.15, 0.2) is 36.4 Å². The summed E-state index contributed by atoms with van der Waals surface area (Å²) in [6.45, 7) is 9.45. The zero-order valence-corrected chi connectivity index (χ0v) is 19.6. The lowest BCUT2D eigenvalue weighted by Crippen LogP contribution is -2.35. The van der Waals surface area contributed by atoms with Gasteiger partial charge in [0.05, 0.1) is 0 Å². The number of hydrogen-bond acceptors (Lipinski definition) is 1. The van der Waals surface area contributed by atoms with Crippen LogP contribution in [0.25, 0.3) is 0 Å². The topological polar surface area (TPSA) is 32.3 Å². The highest BCUT2D eigenvalue weighted by Crippen LogP contribution is 2.21. The summed E-state index contributed by atoms with van der Waals surface area (Å²) >= 11 is 0. The van der Waals surface area contributed by atoms with Gasteiger partial charge in [0.15, 0.2) is 11.6 Å². The number of benzene rings is 2. The maximum Gasteiger partial charge on any atom is 0.322 e. The monoisotopic (exact) mass is 448 g/mol. The smallest absolute Gasteiger partial charge is 0.320 e.